The number of nitrogens with one attached hydrogen (secondary N) is 3. The standard InChI is InChI=1S/C24H28N6O3/c1-15(2)21(29-23(32)20-8-6-5-7-16(20)3)24(33)28-19-11-9-18(10-12-19)27-22(31)17(4)30-14-25-13-26-30/h5-15,17,21H,1-4H3,(H,27,31)(H,28,33)(H,29,32). The number of rotatable bonds is 8. The number of benzene rings is 2. The second-order valence-electron chi connectivity index (χ2n) is 8.12. The summed E-state index contributed by atoms with van der Waals surface area (Å²) < 4.78 is 1.46. The molecule has 3 N–H and O–H groups in total. The maximum absolute atomic E-state index is 12.9. The highest BCUT2D eigenvalue weighted by Gasteiger charge is 2.25. The lowest BCUT2D eigenvalue weighted by molar-refractivity contribution is -0.119. The Hall–Kier alpha value is -4.01. The van der Waals surface area contributed by atoms with Crippen LogP contribution in [0.25, 0.3) is 0 Å². The molecule has 172 valence electrons. The first-order valence-corrected chi connectivity index (χ1v) is 10.7. The molecule has 1 aromatic heterocycles. The van der Waals surface area contributed by atoms with Crippen molar-refractivity contribution in [3.05, 3.63) is 72.3 Å². The Balaban J connectivity index is 1.61. The average molecular weight is 449 g/mol. The van der Waals surface area contributed by atoms with Crippen LogP contribution in [-0.2, 0) is 9.59 Å². The largest absolute Gasteiger partial charge is 0.340 e. The van der Waals surface area contributed by atoms with E-state index in [0.29, 0.717) is 16.9 Å². The Morgan fingerprint density at radius 1 is 0.879 bits per heavy atom. The van der Waals surface area contributed by atoms with E-state index in [0.717, 1.165) is 5.56 Å². The van der Waals surface area contributed by atoms with Crippen molar-refractivity contribution in [2.24, 2.45) is 5.92 Å². The Kier molecular flexibility index (Phi) is 7.55. The normalized spacial score (nSPS) is 12.6. The van der Waals surface area contributed by atoms with Gasteiger partial charge in [-0.3, -0.25) is 14.4 Å². The van der Waals surface area contributed by atoms with Crippen molar-refractivity contribution < 1.29 is 14.4 Å². The van der Waals surface area contributed by atoms with Gasteiger partial charge in [-0.2, -0.15) is 5.10 Å². The first-order valence-electron chi connectivity index (χ1n) is 10.7. The highest BCUT2D eigenvalue weighted by Crippen LogP contribution is 2.17. The molecule has 3 amide bonds. The van der Waals surface area contributed by atoms with Gasteiger partial charge in [0.15, 0.2) is 0 Å². The van der Waals surface area contributed by atoms with Crippen LogP contribution in [0, 0.1) is 12.8 Å². The Labute approximate surface area is 192 Å². The second-order valence-corrected chi connectivity index (χ2v) is 8.12. The topological polar surface area (TPSA) is 118 Å². The third-order valence-electron chi connectivity index (χ3n) is 5.26. The van der Waals surface area contributed by atoms with Crippen molar-refractivity contribution in [2.45, 2.75) is 39.8 Å². The summed E-state index contributed by atoms with van der Waals surface area (Å²) in [6.45, 7) is 7.32. The fraction of sp³-hybridized carbons (Fsp3) is 0.292. The van der Waals surface area contributed by atoms with Crippen LogP contribution in [0.5, 0.6) is 0 Å². The van der Waals surface area contributed by atoms with Crippen LogP contribution < -0.4 is 16.0 Å². The third kappa shape index (κ3) is 6.03. The zero-order valence-electron chi connectivity index (χ0n) is 19.1. The molecule has 0 aliphatic rings. The maximum atomic E-state index is 12.9. The van der Waals surface area contributed by atoms with Gasteiger partial charge in [-0.1, -0.05) is 32.0 Å². The summed E-state index contributed by atoms with van der Waals surface area (Å²) in [5, 5.41) is 12.4. The van der Waals surface area contributed by atoms with E-state index in [9.17, 15) is 14.4 Å². The van der Waals surface area contributed by atoms with Crippen LogP contribution in [0.3, 0.4) is 0 Å². The highest BCUT2D eigenvalue weighted by molar-refractivity contribution is 6.02. The SMILES string of the molecule is Cc1ccccc1C(=O)NC(C(=O)Nc1ccc(NC(=O)C(C)n2cncn2)cc1)C(C)C. The fourth-order valence-electron chi connectivity index (χ4n) is 3.22. The van der Waals surface area contributed by atoms with Crippen molar-refractivity contribution >= 4 is 29.1 Å². The zero-order chi connectivity index (χ0) is 24.0. The van der Waals surface area contributed by atoms with Gasteiger partial charge in [-0.15, -0.1) is 0 Å². The summed E-state index contributed by atoms with van der Waals surface area (Å²) in [7, 11) is 0. The van der Waals surface area contributed by atoms with E-state index in [1.807, 2.05) is 32.9 Å². The number of carbonyl (C=O) groups excluding carboxylic acids is 3. The molecule has 0 aliphatic carbocycles. The van der Waals surface area contributed by atoms with E-state index in [2.05, 4.69) is 26.0 Å². The number of aromatic nitrogens is 3. The first kappa shape index (κ1) is 23.6. The highest BCUT2D eigenvalue weighted by atomic mass is 16.2. The molecule has 9 nitrogen and oxygen atoms in total. The van der Waals surface area contributed by atoms with Crippen molar-refractivity contribution in [3.63, 3.8) is 0 Å². The summed E-state index contributed by atoms with van der Waals surface area (Å²) in [5.41, 5.74) is 2.51. The van der Waals surface area contributed by atoms with E-state index in [4.69, 9.17) is 0 Å². The summed E-state index contributed by atoms with van der Waals surface area (Å²) in [4.78, 5) is 41.8. The van der Waals surface area contributed by atoms with Crippen LogP contribution in [0.4, 0.5) is 11.4 Å². The van der Waals surface area contributed by atoms with Crippen LogP contribution in [-0.4, -0.2) is 38.5 Å². The van der Waals surface area contributed by atoms with Crippen LogP contribution in [0.15, 0.2) is 61.2 Å². The lowest BCUT2D eigenvalue weighted by Crippen LogP contribution is -2.47. The zero-order valence-corrected chi connectivity index (χ0v) is 19.1. The Morgan fingerprint density at radius 2 is 1.48 bits per heavy atom. The molecule has 0 bridgehead atoms. The van der Waals surface area contributed by atoms with E-state index < -0.39 is 12.1 Å². The number of amides is 3. The van der Waals surface area contributed by atoms with E-state index in [-0.39, 0.29) is 23.6 Å². The minimum atomic E-state index is -0.708. The molecule has 2 atom stereocenters. The van der Waals surface area contributed by atoms with E-state index >= 15 is 0 Å². The van der Waals surface area contributed by atoms with Crippen molar-refractivity contribution in [2.75, 3.05) is 10.6 Å². The molecular formula is C24H28N6O3. The Bertz CT molecular complexity index is 1110. The average Bonchev–Trinajstić information content (AvgIpc) is 3.33. The van der Waals surface area contributed by atoms with Crippen LogP contribution >= 0.6 is 0 Å². The molecule has 3 aromatic rings. The van der Waals surface area contributed by atoms with E-state index in [1.165, 1.54) is 17.3 Å². The predicted octanol–water partition coefficient (Wildman–Crippen LogP) is 3.18. The lowest BCUT2D eigenvalue weighted by atomic mass is 10.0. The number of hydrogen-bond donors (Lipinski definition) is 3. The monoisotopic (exact) mass is 448 g/mol. The van der Waals surface area contributed by atoms with Gasteiger partial charge in [0.25, 0.3) is 5.91 Å². The van der Waals surface area contributed by atoms with Gasteiger partial charge in [0.1, 0.15) is 24.7 Å². The number of anilines is 2. The summed E-state index contributed by atoms with van der Waals surface area (Å²) in [6.07, 6.45) is 2.85. The van der Waals surface area contributed by atoms with Crippen LogP contribution in [0.2, 0.25) is 0 Å². The first-order chi connectivity index (χ1) is 15.8. The number of carbonyl (C=O) groups is 3. The molecule has 1 heterocycles. The van der Waals surface area contributed by atoms with Gasteiger partial charge >= 0.3 is 0 Å². The van der Waals surface area contributed by atoms with Gasteiger partial charge in [0.2, 0.25) is 11.8 Å². The molecule has 0 saturated carbocycles. The molecule has 0 aliphatic heterocycles. The minimum absolute atomic E-state index is 0.116. The molecule has 33 heavy (non-hydrogen) atoms. The molecule has 0 saturated heterocycles. The van der Waals surface area contributed by atoms with Crippen molar-refractivity contribution in [3.8, 4) is 0 Å². The Morgan fingerprint density at radius 3 is 2.03 bits per heavy atom. The molecule has 0 spiro atoms. The van der Waals surface area contributed by atoms with Crippen molar-refractivity contribution in [1.82, 2.24) is 20.1 Å². The molecule has 3 rings (SSSR count). The second kappa shape index (κ2) is 10.5. The lowest BCUT2D eigenvalue weighted by Gasteiger charge is -2.22. The summed E-state index contributed by atoms with van der Waals surface area (Å²) in [6, 6.07) is 12.8. The smallest absolute Gasteiger partial charge is 0.252 e. The number of nitrogens with zero attached hydrogens (tertiary/aromatic N) is 3. The molecule has 9 heteroatoms. The fourth-order valence-corrected chi connectivity index (χ4v) is 3.22. The molecule has 0 radical (unpaired) electrons. The molecule has 2 unspecified atom stereocenters. The van der Waals surface area contributed by atoms with Gasteiger partial charge in [-0.25, -0.2) is 9.67 Å². The minimum Gasteiger partial charge on any atom is -0.340 e. The van der Waals surface area contributed by atoms with Gasteiger partial charge in [0.05, 0.1) is 0 Å². The summed E-state index contributed by atoms with van der Waals surface area (Å²) >= 11 is 0. The van der Waals surface area contributed by atoms with Crippen molar-refractivity contribution in [1.29, 1.82) is 0 Å². The quantitative estimate of drug-likeness (QED) is 0.489. The van der Waals surface area contributed by atoms with Gasteiger partial charge in [-0.05, 0) is 55.7 Å². The van der Waals surface area contributed by atoms with E-state index in [1.54, 1.807) is 43.3 Å². The van der Waals surface area contributed by atoms with Gasteiger partial charge < -0.3 is 16.0 Å². The predicted molar refractivity (Wildman–Crippen MR) is 126 cm³/mol. The number of aryl methyl sites for hydroxylation is 1. The van der Waals surface area contributed by atoms with Gasteiger partial charge in [0, 0.05) is 16.9 Å². The molecule has 2 aromatic carbocycles. The number of hydrogen-bond acceptors (Lipinski definition) is 5. The van der Waals surface area contributed by atoms with Crippen LogP contribution in [0.1, 0.15) is 42.7 Å². The summed E-state index contributed by atoms with van der Waals surface area (Å²) in [5.74, 6) is -0.962. The third-order valence-corrected chi connectivity index (χ3v) is 5.26. The molecule has 0 fully saturated rings. The maximum Gasteiger partial charge on any atom is 0.252 e. The molecular weight excluding hydrogens is 420 g/mol.